The quantitative estimate of drug-likeness (QED) is 0.671. The zero-order valence-corrected chi connectivity index (χ0v) is 7.70. The maximum Gasteiger partial charge on any atom is 0.0694 e. The molecular weight excluding hydrogens is 172 g/mol. The van der Waals surface area contributed by atoms with Gasteiger partial charge in [-0.1, -0.05) is 42.3 Å². The van der Waals surface area contributed by atoms with Gasteiger partial charge in [0, 0.05) is 5.56 Å². The summed E-state index contributed by atoms with van der Waals surface area (Å²) in [5.41, 5.74) is 1.61. The van der Waals surface area contributed by atoms with Gasteiger partial charge in [0.2, 0.25) is 0 Å². The highest BCUT2D eigenvalue weighted by Gasteiger charge is 2.03. The third-order valence-corrected chi connectivity index (χ3v) is 2.33. The second-order valence-corrected chi connectivity index (χ2v) is 3.12. The van der Waals surface area contributed by atoms with E-state index in [4.69, 9.17) is 11.5 Å². The molecule has 0 saturated heterocycles. The molecule has 1 nitrogen and oxygen atoms in total. The van der Waals surface area contributed by atoms with E-state index in [2.05, 4.69) is 5.92 Å². The van der Waals surface area contributed by atoms with Gasteiger partial charge in [-0.15, -0.1) is 6.42 Å². The summed E-state index contributed by atoms with van der Waals surface area (Å²) in [4.78, 5) is 0. The number of aliphatic hydroxyl groups is 1. The summed E-state index contributed by atoms with van der Waals surface area (Å²) in [5.74, 6) is 2.63. The van der Waals surface area contributed by atoms with Crippen molar-refractivity contribution in [2.45, 2.75) is 6.61 Å². The van der Waals surface area contributed by atoms with Crippen LogP contribution in [0.1, 0.15) is 11.1 Å². The molecule has 0 aromatic heterocycles. The molecule has 0 aliphatic rings. The van der Waals surface area contributed by atoms with Crippen LogP contribution in [0.15, 0.2) is 36.4 Å². The monoisotopic (exact) mass is 182 g/mol. The van der Waals surface area contributed by atoms with Gasteiger partial charge in [-0.05, 0) is 16.3 Å². The molecule has 0 fully saturated rings. The van der Waals surface area contributed by atoms with Gasteiger partial charge in [0.15, 0.2) is 0 Å². The summed E-state index contributed by atoms with van der Waals surface area (Å²) in [5, 5.41) is 11.3. The standard InChI is InChI=1S/C13H10O/c1-2-12-11(9-14)8-7-10-5-3-4-6-13(10)12/h1,3-8,14H,9H2. The van der Waals surface area contributed by atoms with E-state index in [0.717, 1.165) is 21.9 Å². The lowest BCUT2D eigenvalue weighted by molar-refractivity contribution is 0.281. The fraction of sp³-hybridized carbons (Fsp3) is 0.0769. The molecule has 0 amide bonds. The second-order valence-electron chi connectivity index (χ2n) is 3.12. The maximum atomic E-state index is 9.11. The van der Waals surface area contributed by atoms with E-state index in [9.17, 15) is 0 Å². The molecular formula is C13H10O. The van der Waals surface area contributed by atoms with E-state index in [-0.39, 0.29) is 6.61 Å². The van der Waals surface area contributed by atoms with Gasteiger partial charge < -0.3 is 5.11 Å². The van der Waals surface area contributed by atoms with E-state index < -0.39 is 0 Å². The number of benzene rings is 2. The van der Waals surface area contributed by atoms with Crippen molar-refractivity contribution in [2.75, 3.05) is 0 Å². The van der Waals surface area contributed by atoms with E-state index in [1.807, 2.05) is 36.4 Å². The van der Waals surface area contributed by atoms with E-state index >= 15 is 0 Å². The summed E-state index contributed by atoms with van der Waals surface area (Å²) in [6, 6.07) is 11.8. The van der Waals surface area contributed by atoms with Crippen molar-refractivity contribution >= 4 is 10.8 Å². The first-order valence-corrected chi connectivity index (χ1v) is 4.45. The van der Waals surface area contributed by atoms with Gasteiger partial charge in [-0.25, -0.2) is 0 Å². The van der Waals surface area contributed by atoms with Gasteiger partial charge in [0.25, 0.3) is 0 Å². The summed E-state index contributed by atoms with van der Waals surface area (Å²) in [6.45, 7) is -0.00956. The van der Waals surface area contributed by atoms with Gasteiger partial charge >= 0.3 is 0 Å². The van der Waals surface area contributed by atoms with Crippen molar-refractivity contribution < 1.29 is 5.11 Å². The molecule has 0 heterocycles. The predicted octanol–water partition coefficient (Wildman–Crippen LogP) is 2.31. The summed E-state index contributed by atoms with van der Waals surface area (Å²) < 4.78 is 0. The lowest BCUT2D eigenvalue weighted by atomic mass is 10.00. The van der Waals surface area contributed by atoms with Crippen molar-refractivity contribution in [3.8, 4) is 12.3 Å². The molecule has 1 heteroatoms. The van der Waals surface area contributed by atoms with E-state index in [0.29, 0.717) is 0 Å². The Morgan fingerprint density at radius 3 is 2.64 bits per heavy atom. The lowest BCUT2D eigenvalue weighted by Crippen LogP contribution is -1.90. The Hall–Kier alpha value is -1.78. The van der Waals surface area contributed by atoms with Crippen LogP contribution in [0, 0.1) is 12.3 Å². The normalized spacial score (nSPS) is 10.0. The molecule has 2 aromatic rings. The largest absolute Gasteiger partial charge is 0.392 e. The van der Waals surface area contributed by atoms with Crippen molar-refractivity contribution in [1.29, 1.82) is 0 Å². The van der Waals surface area contributed by atoms with Crippen LogP contribution in [0.5, 0.6) is 0 Å². The molecule has 2 aromatic carbocycles. The molecule has 0 aliphatic heterocycles. The Morgan fingerprint density at radius 2 is 1.93 bits per heavy atom. The van der Waals surface area contributed by atoms with Gasteiger partial charge in [-0.3, -0.25) is 0 Å². The SMILES string of the molecule is C#Cc1c(CO)ccc2ccccc12. The third kappa shape index (κ3) is 1.26. The van der Waals surface area contributed by atoms with Crippen molar-refractivity contribution in [2.24, 2.45) is 0 Å². The molecule has 0 spiro atoms. The Balaban J connectivity index is 2.85. The summed E-state index contributed by atoms with van der Waals surface area (Å²) in [7, 11) is 0. The number of hydrogen-bond donors (Lipinski definition) is 1. The third-order valence-electron chi connectivity index (χ3n) is 2.33. The van der Waals surface area contributed by atoms with Crippen LogP contribution in [-0.2, 0) is 6.61 Å². The number of aliphatic hydroxyl groups excluding tert-OH is 1. The van der Waals surface area contributed by atoms with Crippen LogP contribution in [0.25, 0.3) is 10.8 Å². The Morgan fingerprint density at radius 1 is 1.14 bits per heavy atom. The fourth-order valence-corrected chi connectivity index (χ4v) is 1.62. The zero-order chi connectivity index (χ0) is 9.97. The van der Waals surface area contributed by atoms with Crippen LogP contribution in [0.3, 0.4) is 0 Å². The first-order valence-electron chi connectivity index (χ1n) is 4.45. The molecule has 0 unspecified atom stereocenters. The summed E-state index contributed by atoms with van der Waals surface area (Å²) in [6.07, 6.45) is 5.43. The number of terminal acetylenes is 1. The van der Waals surface area contributed by atoms with Crippen LogP contribution >= 0.6 is 0 Å². The van der Waals surface area contributed by atoms with Crippen LogP contribution in [0.4, 0.5) is 0 Å². The molecule has 0 bridgehead atoms. The smallest absolute Gasteiger partial charge is 0.0694 e. The Kier molecular flexibility index (Phi) is 2.22. The van der Waals surface area contributed by atoms with E-state index in [1.54, 1.807) is 0 Å². The van der Waals surface area contributed by atoms with Crippen LogP contribution in [0.2, 0.25) is 0 Å². The van der Waals surface area contributed by atoms with Crippen LogP contribution in [-0.4, -0.2) is 5.11 Å². The molecule has 2 rings (SSSR count). The second kappa shape index (κ2) is 3.53. The molecule has 0 aliphatic carbocycles. The summed E-state index contributed by atoms with van der Waals surface area (Å²) >= 11 is 0. The van der Waals surface area contributed by atoms with Gasteiger partial charge in [-0.2, -0.15) is 0 Å². The van der Waals surface area contributed by atoms with Crippen molar-refractivity contribution in [3.05, 3.63) is 47.5 Å². The first-order chi connectivity index (χ1) is 6.86. The van der Waals surface area contributed by atoms with Gasteiger partial charge in [0.1, 0.15) is 0 Å². The lowest BCUT2D eigenvalue weighted by Gasteiger charge is -2.05. The first kappa shape index (κ1) is 8.80. The number of hydrogen-bond acceptors (Lipinski definition) is 1. The molecule has 0 radical (unpaired) electrons. The zero-order valence-electron chi connectivity index (χ0n) is 7.70. The average Bonchev–Trinajstić information content (AvgIpc) is 2.27. The Labute approximate surface area is 83.0 Å². The van der Waals surface area contributed by atoms with Crippen LogP contribution < -0.4 is 0 Å². The average molecular weight is 182 g/mol. The minimum absolute atomic E-state index is 0.00956. The predicted molar refractivity (Wildman–Crippen MR) is 57.8 cm³/mol. The minimum Gasteiger partial charge on any atom is -0.392 e. The molecule has 0 saturated carbocycles. The number of fused-ring (bicyclic) bond motifs is 1. The van der Waals surface area contributed by atoms with Crippen molar-refractivity contribution in [1.82, 2.24) is 0 Å². The molecule has 68 valence electrons. The molecule has 1 N–H and O–H groups in total. The number of rotatable bonds is 1. The van der Waals surface area contributed by atoms with Gasteiger partial charge in [0.05, 0.1) is 6.61 Å². The highest BCUT2D eigenvalue weighted by Crippen LogP contribution is 2.21. The minimum atomic E-state index is -0.00956. The Bertz CT molecular complexity index is 506. The topological polar surface area (TPSA) is 20.2 Å². The maximum absolute atomic E-state index is 9.11. The molecule has 0 atom stereocenters. The highest BCUT2D eigenvalue weighted by molar-refractivity contribution is 5.89. The fourth-order valence-electron chi connectivity index (χ4n) is 1.62. The highest BCUT2D eigenvalue weighted by atomic mass is 16.3. The van der Waals surface area contributed by atoms with E-state index in [1.165, 1.54) is 0 Å². The van der Waals surface area contributed by atoms with Crippen molar-refractivity contribution in [3.63, 3.8) is 0 Å². The molecule has 14 heavy (non-hydrogen) atoms.